The Morgan fingerprint density at radius 3 is 1.54 bits per heavy atom. The molecule has 4 aromatic rings. The van der Waals surface area contributed by atoms with E-state index in [1.165, 1.54) is 36.0 Å². The molecule has 4 rings (SSSR count). The highest BCUT2D eigenvalue weighted by Gasteiger charge is 2.34. The van der Waals surface area contributed by atoms with Gasteiger partial charge in [-0.1, -0.05) is 67.1 Å². The van der Waals surface area contributed by atoms with Gasteiger partial charge in [0, 0.05) is 42.9 Å². The number of aromatic nitrogens is 1. The van der Waals surface area contributed by atoms with Gasteiger partial charge in [0.1, 0.15) is 48.0 Å². The normalized spacial score (nSPS) is 13.7. The molecule has 29 nitrogen and oxygen atoms in total. The van der Waals surface area contributed by atoms with Crippen LogP contribution in [0.25, 0.3) is 10.9 Å². The Bertz CT molecular complexity index is 3040. The monoisotopic (exact) mass is 1300 g/mol. The zero-order chi connectivity index (χ0) is 67.4. The van der Waals surface area contributed by atoms with Gasteiger partial charge in [0.05, 0.1) is 19.1 Å². The van der Waals surface area contributed by atoms with E-state index in [1.807, 2.05) is 18.2 Å². The van der Waals surface area contributed by atoms with Crippen molar-refractivity contribution in [1.82, 2.24) is 52.8 Å². The maximum atomic E-state index is 14.5. The Labute approximate surface area is 539 Å². The predicted molar refractivity (Wildman–Crippen MR) is 351 cm³/mol. The van der Waals surface area contributed by atoms with Crippen molar-refractivity contribution in [3.63, 3.8) is 0 Å². The third-order valence-electron chi connectivity index (χ3n) is 14.8. The zero-order valence-electron chi connectivity index (χ0n) is 52.1. The molecule has 3 aromatic carbocycles. The first-order valence-electron chi connectivity index (χ1n) is 30.8. The zero-order valence-corrected chi connectivity index (χ0v) is 52.9. The number of carbonyl (C=O) groups excluding carboxylic acids is 9. The molecular weight excluding hydrogens is 1210 g/mol. The van der Waals surface area contributed by atoms with Crippen molar-refractivity contribution >= 4 is 87.8 Å². The van der Waals surface area contributed by atoms with E-state index in [4.69, 9.17) is 34.4 Å². The summed E-state index contributed by atoms with van der Waals surface area (Å²) >= 11 is 1.37. The van der Waals surface area contributed by atoms with Crippen molar-refractivity contribution in [2.24, 2.45) is 39.4 Å². The van der Waals surface area contributed by atoms with Crippen LogP contribution < -0.4 is 82.3 Å². The number of fused-ring (bicyclic) bond motifs is 1. The number of unbranched alkanes of at least 4 members (excludes halogenated alkanes) is 3. The number of amides is 9. The summed E-state index contributed by atoms with van der Waals surface area (Å²) in [6.07, 6.45) is 7.05. The first-order valence-corrected chi connectivity index (χ1v) is 32.2. The number of carbonyl (C=O) groups is 10. The van der Waals surface area contributed by atoms with Crippen LogP contribution in [0.4, 0.5) is 0 Å². The third kappa shape index (κ3) is 27.7. The Balaban J connectivity index is 1.51. The molecule has 24 N–H and O–H groups in total. The van der Waals surface area contributed by atoms with Crippen LogP contribution in [0, 0.1) is 0 Å². The number of benzene rings is 3. The number of phenols is 1. The van der Waals surface area contributed by atoms with Crippen LogP contribution in [-0.4, -0.2) is 180 Å². The fraction of sp³-hybridized carbons (Fsp3) is 0.500. The standard InChI is InChI=1S/C62H93N17O12S/c1-92-31-26-47(58(87)79-51(34-40-35-70-44-18-6-5-16-42(40)44)60(89)75-45(19-8-11-28-64)56(85)76-48(61(90)91)20-9-12-29-65)73-53(82)37-71-52(81)36-72-55(84)49(33-39-22-24-41(80)25-23-39)77-59(88)50(32-38-14-3-2-4-15-38)78-57(86)46(21-13-30-69-62(67)68)74-54(83)43(66)17-7-10-27-63/h2-6,14-16,18,22-25,35,43,45-51,70,80H,7-13,17,19-21,26-34,36-37,63-66H2,1H3,(H,71,81)(H,72,84)(H,73,82)(H,74,83)(H,75,89)(H,76,85)(H,77,88)(H,78,86)(H,79,87)(H,90,91)(H4,67,68,69)/t43-,45-,46-,47-,48-,49-,50-,51-/m0/s1. The number of thioether (sulfide) groups is 1. The van der Waals surface area contributed by atoms with E-state index in [2.05, 4.69) is 57.8 Å². The summed E-state index contributed by atoms with van der Waals surface area (Å²) in [5.74, 6) is -8.11. The fourth-order valence-corrected chi connectivity index (χ4v) is 10.2. The van der Waals surface area contributed by atoms with Gasteiger partial charge in [-0.25, -0.2) is 4.79 Å². The van der Waals surface area contributed by atoms with Gasteiger partial charge < -0.3 is 97.5 Å². The number of guanidine groups is 1. The number of aromatic hydroxyl groups is 1. The topological polar surface area (TPSA) is 504 Å². The number of carboxylic acid groups (broad SMARTS) is 1. The summed E-state index contributed by atoms with van der Waals surface area (Å²) in [6.45, 7) is -0.233. The second-order valence-corrected chi connectivity index (χ2v) is 23.1. The van der Waals surface area contributed by atoms with E-state index in [-0.39, 0.29) is 69.6 Å². The lowest BCUT2D eigenvalue weighted by Crippen LogP contribution is -2.59. The first-order chi connectivity index (χ1) is 44.2. The van der Waals surface area contributed by atoms with E-state index in [1.54, 1.807) is 48.9 Å². The van der Waals surface area contributed by atoms with Crippen LogP contribution in [0.3, 0.4) is 0 Å². The maximum Gasteiger partial charge on any atom is 0.326 e. The molecule has 0 saturated carbocycles. The number of hydrogen-bond donors (Lipinski definition) is 18. The van der Waals surface area contributed by atoms with Crippen LogP contribution in [0.2, 0.25) is 0 Å². The molecule has 0 saturated heterocycles. The SMILES string of the molecule is CSCC[C@H](NC(=O)CNC(=O)CNC(=O)[C@H](Cc1ccc(O)cc1)NC(=O)[C@H](Cc1ccccc1)NC(=O)[C@H](CCCN=C(N)N)NC(=O)[C@@H](N)CCCCN)C(=O)N[C@@H](Cc1c[nH]c2ccccc12)C(=O)N[C@@H](CCCCN)C(=O)N[C@@H](CCCCN)C(=O)O. The van der Waals surface area contributed by atoms with Gasteiger partial charge in [0.2, 0.25) is 53.2 Å². The molecular formula is C62H93N17O12S. The number of nitrogens with one attached hydrogen (secondary N) is 10. The third-order valence-corrected chi connectivity index (χ3v) is 15.5. The van der Waals surface area contributed by atoms with Gasteiger partial charge in [0.25, 0.3) is 0 Å². The highest BCUT2D eigenvalue weighted by atomic mass is 32.2. The summed E-state index contributed by atoms with van der Waals surface area (Å²) in [5, 5.41) is 44.4. The largest absolute Gasteiger partial charge is 0.508 e. The van der Waals surface area contributed by atoms with Gasteiger partial charge in [-0.05, 0) is 137 Å². The number of aliphatic imine (C=N–C) groups is 1. The molecule has 30 heteroatoms. The summed E-state index contributed by atoms with van der Waals surface area (Å²) < 4.78 is 0. The number of nitrogens with zero attached hydrogens (tertiary/aromatic N) is 1. The minimum atomic E-state index is -1.41. The number of phenolic OH excluding ortho intramolecular Hbond substituents is 1. The summed E-state index contributed by atoms with van der Waals surface area (Å²) in [7, 11) is 0. The Morgan fingerprint density at radius 1 is 0.500 bits per heavy atom. The Hall–Kier alpha value is -8.84. The molecule has 1 heterocycles. The molecule has 92 heavy (non-hydrogen) atoms. The molecule has 9 amide bonds. The van der Waals surface area contributed by atoms with Crippen molar-refractivity contribution in [2.45, 2.75) is 145 Å². The van der Waals surface area contributed by atoms with Gasteiger partial charge in [-0.3, -0.25) is 48.1 Å². The molecule has 8 atom stereocenters. The van der Waals surface area contributed by atoms with Gasteiger partial charge in [0.15, 0.2) is 5.96 Å². The van der Waals surface area contributed by atoms with Crippen LogP contribution in [0.5, 0.6) is 5.75 Å². The maximum absolute atomic E-state index is 14.5. The van der Waals surface area contributed by atoms with E-state index < -0.39 is 121 Å². The predicted octanol–water partition coefficient (Wildman–Crippen LogP) is -1.87. The van der Waals surface area contributed by atoms with Crippen LogP contribution in [-0.2, 0) is 67.2 Å². The van der Waals surface area contributed by atoms with E-state index >= 15 is 0 Å². The molecule has 0 aliphatic rings. The Morgan fingerprint density at radius 2 is 0.967 bits per heavy atom. The number of hydrogen-bond acceptors (Lipinski definition) is 17. The Kier molecular flexibility index (Phi) is 34.1. The number of rotatable bonds is 44. The lowest BCUT2D eigenvalue weighted by Gasteiger charge is -2.26. The molecule has 0 aliphatic heterocycles. The first kappa shape index (κ1) is 75.6. The minimum Gasteiger partial charge on any atom is -0.508 e. The molecule has 504 valence electrons. The highest BCUT2D eigenvalue weighted by Crippen LogP contribution is 2.20. The van der Waals surface area contributed by atoms with E-state index in [0.717, 1.165) is 10.9 Å². The summed E-state index contributed by atoms with van der Waals surface area (Å²) in [5.41, 5.74) is 36.7. The average Bonchev–Trinajstić information content (AvgIpc) is 1.96. The molecule has 0 spiro atoms. The average molecular weight is 1300 g/mol. The molecule has 0 aliphatic carbocycles. The highest BCUT2D eigenvalue weighted by molar-refractivity contribution is 7.98. The van der Waals surface area contributed by atoms with Crippen molar-refractivity contribution < 1.29 is 58.2 Å². The number of aromatic amines is 1. The van der Waals surface area contributed by atoms with E-state index in [0.29, 0.717) is 87.0 Å². The van der Waals surface area contributed by atoms with Crippen molar-refractivity contribution in [2.75, 3.05) is 51.3 Å². The second kappa shape index (κ2) is 41.5. The van der Waals surface area contributed by atoms with Gasteiger partial charge >= 0.3 is 5.97 Å². The lowest BCUT2D eigenvalue weighted by atomic mass is 10.0. The van der Waals surface area contributed by atoms with Crippen molar-refractivity contribution in [3.05, 3.63) is 102 Å². The molecule has 0 unspecified atom stereocenters. The van der Waals surface area contributed by atoms with Gasteiger partial charge in [-0.2, -0.15) is 11.8 Å². The fourth-order valence-electron chi connectivity index (χ4n) is 9.71. The number of H-pyrrole nitrogens is 1. The summed E-state index contributed by atoms with van der Waals surface area (Å²) in [6, 6.07) is 11.8. The molecule has 1 aromatic heterocycles. The molecule has 0 bridgehead atoms. The second-order valence-electron chi connectivity index (χ2n) is 22.1. The smallest absolute Gasteiger partial charge is 0.326 e. The van der Waals surface area contributed by atoms with Crippen molar-refractivity contribution in [1.29, 1.82) is 0 Å². The number of para-hydroxylation sites is 1. The van der Waals surface area contributed by atoms with E-state index in [9.17, 15) is 58.2 Å². The number of aliphatic carboxylic acids is 1. The van der Waals surface area contributed by atoms with Crippen LogP contribution in [0.1, 0.15) is 93.7 Å². The lowest BCUT2D eigenvalue weighted by molar-refractivity contribution is -0.142. The summed E-state index contributed by atoms with van der Waals surface area (Å²) in [4.78, 5) is 145. The number of carboxylic acids is 1. The van der Waals surface area contributed by atoms with Crippen LogP contribution in [0.15, 0.2) is 90.1 Å². The molecule has 0 radical (unpaired) electrons. The molecule has 0 fully saturated rings. The van der Waals surface area contributed by atoms with Crippen LogP contribution >= 0.6 is 11.8 Å². The minimum absolute atomic E-state index is 0.0412. The number of nitrogens with two attached hydrogens (primary N) is 6. The quantitative estimate of drug-likeness (QED) is 0.0131. The van der Waals surface area contributed by atoms with Crippen molar-refractivity contribution in [3.8, 4) is 5.75 Å². The van der Waals surface area contributed by atoms with Gasteiger partial charge in [-0.15, -0.1) is 0 Å².